The lowest BCUT2D eigenvalue weighted by Gasteiger charge is -2.27. The van der Waals surface area contributed by atoms with Crippen molar-refractivity contribution in [1.82, 2.24) is 15.1 Å². The average Bonchev–Trinajstić information content (AvgIpc) is 3.26. The summed E-state index contributed by atoms with van der Waals surface area (Å²) in [5.41, 5.74) is 1.35. The summed E-state index contributed by atoms with van der Waals surface area (Å²) in [6.07, 6.45) is 4.40. The van der Waals surface area contributed by atoms with E-state index in [2.05, 4.69) is 15.1 Å². The minimum Gasteiger partial charge on any atom is -0.490 e. The van der Waals surface area contributed by atoms with E-state index in [1.165, 1.54) is 0 Å². The van der Waals surface area contributed by atoms with Crippen molar-refractivity contribution in [1.29, 1.82) is 0 Å². The minimum absolute atomic E-state index is 0.0375. The molecule has 2 aromatic heterocycles. The molecule has 32 heavy (non-hydrogen) atoms. The van der Waals surface area contributed by atoms with Gasteiger partial charge in [-0.3, -0.25) is 4.79 Å². The van der Waals surface area contributed by atoms with Gasteiger partial charge in [0.2, 0.25) is 11.7 Å². The van der Waals surface area contributed by atoms with Crippen LogP contribution in [-0.2, 0) is 4.79 Å². The molecule has 2 heterocycles. The summed E-state index contributed by atoms with van der Waals surface area (Å²) in [7, 11) is 0. The highest BCUT2D eigenvalue weighted by atomic mass is 35.5. The van der Waals surface area contributed by atoms with Crippen LogP contribution in [0.25, 0.3) is 22.8 Å². The Kier molecular flexibility index (Phi) is 6.60. The predicted molar refractivity (Wildman–Crippen MR) is 118 cm³/mol. The summed E-state index contributed by atoms with van der Waals surface area (Å²) in [6, 6.07) is 9.01. The van der Waals surface area contributed by atoms with Gasteiger partial charge >= 0.3 is 5.97 Å². The molecular formula is C23H24ClN3O5. The molecule has 1 fully saturated rings. The third kappa shape index (κ3) is 5.19. The number of hydrogen-bond acceptors (Lipinski definition) is 7. The first-order valence-corrected chi connectivity index (χ1v) is 10.9. The Labute approximate surface area is 190 Å². The van der Waals surface area contributed by atoms with Crippen molar-refractivity contribution in [2.75, 3.05) is 0 Å². The Morgan fingerprint density at radius 2 is 2.00 bits per heavy atom. The van der Waals surface area contributed by atoms with Crippen LogP contribution in [0.5, 0.6) is 11.6 Å². The van der Waals surface area contributed by atoms with Gasteiger partial charge in [-0.1, -0.05) is 16.8 Å². The van der Waals surface area contributed by atoms with E-state index in [9.17, 15) is 9.90 Å². The van der Waals surface area contributed by atoms with Crippen molar-refractivity contribution < 1.29 is 23.9 Å². The smallest absolute Gasteiger partial charge is 0.306 e. The van der Waals surface area contributed by atoms with E-state index in [4.69, 9.17) is 25.6 Å². The number of carbonyl (C=O) groups is 1. The molecule has 168 valence electrons. The van der Waals surface area contributed by atoms with Gasteiger partial charge in [-0.2, -0.15) is 4.98 Å². The topological polar surface area (TPSA) is 108 Å². The Morgan fingerprint density at radius 1 is 1.22 bits per heavy atom. The zero-order chi connectivity index (χ0) is 22.7. The Morgan fingerprint density at radius 3 is 2.69 bits per heavy atom. The normalized spacial score (nSPS) is 18.5. The zero-order valence-corrected chi connectivity index (χ0v) is 18.6. The number of aliphatic carboxylic acids is 1. The van der Waals surface area contributed by atoms with E-state index in [0.717, 1.165) is 18.4 Å². The van der Waals surface area contributed by atoms with Crippen LogP contribution in [0.2, 0.25) is 5.02 Å². The zero-order valence-electron chi connectivity index (χ0n) is 17.8. The number of halogens is 1. The van der Waals surface area contributed by atoms with Gasteiger partial charge in [0.1, 0.15) is 10.8 Å². The maximum Gasteiger partial charge on any atom is 0.306 e. The quantitative estimate of drug-likeness (QED) is 0.511. The highest BCUT2D eigenvalue weighted by molar-refractivity contribution is 6.32. The summed E-state index contributed by atoms with van der Waals surface area (Å²) in [5, 5.41) is 13.6. The van der Waals surface area contributed by atoms with Gasteiger partial charge in [0.15, 0.2) is 0 Å². The van der Waals surface area contributed by atoms with Crippen LogP contribution < -0.4 is 9.47 Å². The first-order valence-electron chi connectivity index (χ1n) is 10.5. The average molecular weight is 458 g/mol. The molecule has 4 rings (SSSR count). The van der Waals surface area contributed by atoms with E-state index in [0.29, 0.717) is 46.8 Å². The second-order valence-corrected chi connectivity index (χ2v) is 8.47. The fraction of sp³-hybridized carbons (Fsp3) is 0.391. The number of carboxylic acids is 1. The molecule has 0 radical (unpaired) electrons. The van der Waals surface area contributed by atoms with Crippen LogP contribution >= 0.6 is 11.6 Å². The standard InChI is InChI=1S/C23H24ClN3O5/c1-13(2)30-22-19(24)11-16(12-25-22)21-26-20(27-32-21)14-6-8-17(9-7-14)31-18-5-3-4-15(10-18)23(28)29/h6-9,11-13,15,18H,3-5,10H2,1-2H3,(H,28,29). The van der Waals surface area contributed by atoms with Crippen LogP contribution in [0.15, 0.2) is 41.1 Å². The summed E-state index contributed by atoms with van der Waals surface area (Å²) in [5.74, 6) is 0.681. The van der Waals surface area contributed by atoms with Gasteiger partial charge in [-0.05, 0) is 69.9 Å². The number of ether oxygens (including phenoxy) is 2. The maximum absolute atomic E-state index is 11.2. The molecule has 0 saturated heterocycles. The van der Waals surface area contributed by atoms with Crippen molar-refractivity contribution in [3.05, 3.63) is 41.6 Å². The molecule has 8 nitrogen and oxygen atoms in total. The Hall–Kier alpha value is -3.13. The van der Waals surface area contributed by atoms with E-state index in [-0.39, 0.29) is 18.1 Å². The van der Waals surface area contributed by atoms with Gasteiger partial charge in [0, 0.05) is 11.8 Å². The lowest BCUT2D eigenvalue weighted by Crippen LogP contribution is -2.29. The largest absolute Gasteiger partial charge is 0.490 e. The van der Waals surface area contributed by atoms with Gasteiger partial charge in [-0.25, -0.2) is 4.98 Å². The number of aromatic nitrogens is 3. The Balaban J connectivity index is 1.43. The van der Waals surface area contributed by atoms with Crippen molar-refractivity contribution >= 4 is 17.6 Å². The van der Waals surface area contributed by atoms with Crippen LogP contribution in [0.4, 0.5) is 0 Å². The third-order valence-corrected chi connectivity index (χ3v) is 5.49. The lowest BCUT2D eigenvalue weighted by atomic mass is 9.87. The van der Waals surface area contributed by atoms with Crippen LogP contribution in [0.1, 0.15) is 39.5 Å². The first-order chi connectivity index (χ1) is 15.4. The summed E-state index contributed by atoms with van der Waals surface area (Å²) in [4.78, 5) is 19.9. The van der Waals surface area contributed by atoms with Crippen molar-refractivity contribution in [2.45, 2.75) is 51.7 Å². The summed E-state index contributed by atoms with van der Waals surface area (Å²) >= 11 is 6.25. The number of hydrogen-bond donors (Lipinski definition) is 1. The third-order valence-electron chi connectivity index (χ3n) is 5.22. The molecule has 9 heteroatoms. The molecule has 1 aliphatic carbocycles. The Bertz CT molecular complexity index is 1080. The van der Waals surface area contributed by atoms with Crippen molar-refractivity contribution in [3.63, 3.8) is 0 Å². The van der Waals surface area contributed by atoms with Crippen molar-refractivity contribution in [3.8, 4) is 34.5 Å². The van der Waals surface area contributed by atoms with E-state index >= 15 is 0 Å². The number of rotatable bonds is 7. The predicted octanol–water partition coefficient (Wildman–Crippen LogP) is 5.26. The van der Waals surface area contributed by atoms with Crippen LogP contribution in [0.3, 0.4) is 0 Å². The van der Waals surface area contributed by atoms with Crippen molar-refractivity contribution in [2.24, 2.45) is 5.92 Å². The van der Waals surface area contributed by atoms with E-state index in [1.54, 1.807) is 12.3 Å². The minimum atomic E-state index is -0.750. The van der Waals surface area contributed by atoms with Gasteiger partial charge in [0.25, 0.3) is 5.89 Å². The highest BCUT2D eigenvalue weighted by Gasteiger charge is 2.28. The van der Waals surface area contributed by atoms with Crippen LogP contribution in [-0.4, -0.2) is 38.4 Å². The molecular weight excluding hydrogens is 434 g/mol. The van der Waals surface area contributed by atoms with Gasteiger partial charge in [-0.15, -0.1) is 0 Å². The highest BCUT2D eigenvalue weighted by Crippen LogP contribution is 2.31. The number of benzene rings is 1. The molecule has 0 bridgehead atoms. The monoisotopic (exact) mass is 457 g/mol. The fourth-order valence-electron chi connectivity index (χ4n) is 3.66. The SMILES string of the molecule is CC(C)Oc1ncc(-c2nc(-c3ccc(OC4CCCC(C(=O)O)C4)cc3)no2)cc1Cl. The first kappa shape index (κ1) is 22.1. The van der Waals surface area contributed by atoms with Crippen LogP contribution in [0, 0.1) is 5.92 Å². The molecule has 1 aliphatic rings. The molecule has 3 aromatic rings. The van der Waals surface area contributed by atoms with E-state index < -0.39 is 5.97 Å². The molecule has 0 aliphatic heterocycles. The molecule has 0 spiro atoms. The fourth-order valence-corrected chi connectivity index (χ4v) is 3.87. The second kappa shape index (κ2) is 9.56. The number of nitrogens with zero attached hydrogens (tertiary/aromatic N) is 3. The molecule has 2 unspecified atom stereocenters. The summed E-state index contributed by atoms with van der Waals surface area (Å²) < 4.78 is 16.9. The second-order valence-electron chi connectivity index (χ2n) is 8.07. The molecule has 1 N–H and O–H groups in total. The molecule has 2 atom stereocenters. The number of carboxylic acid groups (broad SMARTS) is 1. The van der Waals surface area contributed by atoms with Gasteiger partial charge < -0.3 is 19.1 Å². The molecule has 0 amide bonds. The van der Waals surface area contributed by atoms with Gasteiger partial charge in [0.05, 0.1) is 23.7 Å². The maximum atomic E-state index is 11.2. The molecule has 1 aromatic carbocycles. The molecule has 1 saturated carbocycles. The lowest BCUT2D eigenvalue weighted by molar-refractivity contribution is -0.143. The summed E-state index contributed by atoms with van der Waals surface area (Å²) in [6.45, 7) is 3.79. The number of pyridine rings is 1. The van der Waals surface area contributed by atoms with E-state index in [1.807, 2.05) is 38.1 Å².